The van der Waals surface area contributed by atoms with E-state index in [4.69, 9.17) is 4.74 Å². The number of piperidine rings is 1. The maximum atomic E-state index is 13.0. The normalized spacial score (nSPS) is 18.3. The van der Waals surface area contributed by atoms with Gasteiger partial charge in [-0.3, -0.25) is 10.1 Å². The van der Waals surface area contributed by atoms with E-state index in [-0.39, 0.29) is 16.8 Å². The number of rotatable bonds is 4. The zero-order valence-electron chi connectivity index (χ0n) is 17.6. The second kappa shape index (κ2) is 8.31. The maximum Gasteiger partial charge on any atom is 0.257 e. The second-order valence-corrected chi connectivity index (χ2v) is 11.0. The molecule has 0 aliphatic carbocycles. The quantitative estimate of drug-likeness (QED) is 0.607. The largest absolute Gasteiger partial charge is 0.487 e. The molecule has 0 radical (unpaired) electrons. The zero-order chi connectivity index (χ0) is 22.3. The van der Waals surface area contributed by atoms with E-state index in [1.54, 1.807) is 16.4 Å². The SMILES string of the molecule is CC1CCCCN1S(=O)(=O)c1ccc(C(=O)Nc2nc3c(s2)COc2ccccc2-3)cc1. The van der Waals surface area contributed by atoms with Crippen LogP contribution in [0.2, 0.25) is 0 Å². The van der Waals surface area contributed by atoms with Crippen LogP contribution in [0.25, 0.3) is 11.3 Å². The van der Waals surface area contributed by atoms with Crippen LogP contribution in [0, 0.1) is 0 Å². The van der Waals surface area contributed by atoms with Gasteiger partial charge < -0.3 is 4.74 Å². The fourth-order valence-corrected chi connectivity index (χ4v) is 6.74. The van der Waals surface area contributed by atoms with E-state index in [1.807, 2.05) is 31.2 Å². The first-order valence-electron chi connectivity index (χ1n) is 10.6. The van der Waals surface area contributed by atoms with Gasteiger partial charge in [-0.15, -0.1) is 0 Å². The minimum absolute atomic E-state index is 0.0122. The van der Waals surface area contributed by atoms with E-state index in [0.29, 0.717) is 23.8 Å². The Hall–Kier alpha value is -2.75. The van der Waals surface area contributed by atoms with E-state index in [2.05, 4.69) is 10.3 Å². The molecule has 0 spiro atoms. The summed E-state index contributed by atoms with van der Waals surface area (Å²) in [6.07, 6.45) is 2.79. The molecule has 1 atom stereocenters. The van der Waals surface area contributed by atoms with Crippen LogP contribution in [0.15, 0.2) is 53.4 Å². The number of para-hydroxylation sites is 1. The van der Waals surface area contributed by atoms with E-state index in [1.165, 1.54) is 23.5 Å². The van der Waals surface area contributed by atoms with Crippen LogP contribution in [-0.2, 0) is 16.6 Å². The van der Waals surface area contributed by atoms with Gasteiger partial charge in [0.15, 0.2) is 5.13 Å². The predicted molar refractivity (Wildman–Crippen MR) is 123 cm³/mol. The van der Waals surface area contributed by atoms with Gasteiger partial charge >= 0.3 is 0 Å². The molecule has 0 saturated carbocycles. The lowest BCUT2D eigenvalue weighted by molar-refractivity contribution is 0.102. The minimum Gasteiger partial charge on any atom is -0.487 e. The van der Waals surface area contributed by atoms with Crippen LogP contribution in [0.4, 0.5) is 5.13 Å². The van der Waals surface area contributed by atoms with Crippen LogP contribution in [0.5, 0.6) is 5.75 Å². The lowest BCUT2D eigenvalue weighted by Crippen LogP contribution is -2.41. The molecule has 1 unspecified atom stereocenters. The third-order valence-corrected chi connectivity index (χ3v) is 8.86. The first-order valence-corrected chi connectivity index (χ1v) is 12.8. The number of benzene rings is 2. The molecule has 1 aromatic heterocycles. The first-order chi connectivity index (χ1) is 15.4. The highest BCUT2D eigenvalue weighted by Crippen LogP contribution is 2.40. The molecule has 7 nitrogen and oxygen atoms in total. The standard InChI is InChI=1S/C23H23N3O4S2/c1-15-6-4-5-13-26(15)32(28,29)17-11-9-16(10-12-17)22(27)25-23-24-21-18-7-2-3-8-19(18)30-14-20(21)31-23/h2-3,7-12,15H,4-6,13-14H2,1H3,(H,24,25,27). The van der Waals surface area contributed by atoms with Crippen LogP contribution >= 0.6 is 11.3 Å². The summed E-state index contributed by atoms with van der Waals surface area (Å²) in [5, 5.41) is 3.31. The number of nitrogens with one attached hydrogen (secondary N) is 1. The molecule has 32 heavy (non-hydrogen) atoms. The average molecular weight is 470 g/mol. The Morgan fingerprint density at radius 2 is 1.94 bits per heavy atom. The Kier molecular flexibility index (Phi) is 5.48. The van der Waals surface area contributed by atoms with Gasteiger partial charge in [0.25, 0.3) is 5.91 Å². The fraction of sp³-hybridized carbons (Fsp3) is 0.304. The summed E-state index contributed by atoms with van der Waals surface area (Å²) in [7, 11) is -3.57. The number of amides is 1. The maximum absolute atomic E-state index is 13.0. The topological polar surface area (TPSA) is 88.6 Å². The third-order valence-electron chi connectivity index (χ3n) is 5.88. The summed E-state index contributed by atoms with van der Waals surface area (Å²) in [6, 6.07) is 13.8. The van der Waals surface area contributed by atoms with Crippen molar-refractivity contribution in [1.29, 1.82) is 0 Å². The van der Waals surface area contributed by atoms with Crippen molar-refractivity contribution in [3.05, 3.63) is 59.0 Å². The highest BCUT2D eigenvalue weighted by Gasteiger charge is 2.31. The van der Waals surface area contributed by atoms with Crippen molar-refractivity contribution in [1.82, 2.24) is 9.29 Å². The smallest absolute Gasteiger partial charge is 0.257 e. The highest BCUT2D eigenvalue weighted by molar-refractivity contribution is 7.89. The van der Waals surface area contributed by atoms with Crippen molar-refractivity contribution in [2.24, 2.45) is 0 Å². The van der Waals surface area contributed by atoms with Gasteiger partial charge in [0.05, 0.1) is 15.5 Å². The Labute approximate surface area is 191 Å². The van der Waals surface area contributed by atoms with E-state index >= 15 is 0 Å². The van der Waals surface area contributed by atoms with Crippen molar-refractivity contribution in [2.75, 3.05) is 11.9 Å². The average Bonchev–Trinajstić information content (AvgIpc) is 3.22. The van der Waals surface area contributed by atoms with Crippen molar-refractivity contribution >= 4 is 32.4 Å². The summed E-state index contributed by atoms with van der Waals surface area (Å²) < 4.78 is 33.3. The fourth-order valence-electron chi connectivity index (χ4n) is 4.16. The molecule has 2 aromatic carbocycles. The molecule has 3 aromatic rings. The number of nitrogens with zero attached hydrogens (tertiary/aromatic N) is 2. The molecule has 166 valence electrons. The molecule has 0 bridgehead atoms. The summed E-state index contributed by atoms with van der Waals surface area (Å²) in [4.78, 5) is 18.5. The van der Waals surface area contributed by atoms with Crippen LogP contribution in [0.1, 0.15) is 41.4 Å². The van der Waals surface area contributed by atoms with Crippen molar-refractivity contribution in [3.8, 4) is 17.0 Å². The lowest BCUT2D eigenvalue weighted by atomic mass is 10.1. The van der Waals surface area contributed by atoms with Crippen molar-refractivity contribution < 1.29 is 17.9 Å². The van der Waals surface area contributed by atoms with E-state index < -0.39 is 10.0 Å². The van der Waals surface area contributed by atoms with E-state index in [9.17, 15) is 13.2 Å². The van der Waals surface area contributed by atoms with Crippen LogP contribution in [-0.4, -0.2) is 36.2 Å². The molecule has 1 amide bonds. The number of sulfonamides is 1. The molecule has 2 aliphatic rings. The first kappa shape index (κ1) is 21.1. The number of fused-ring (bicyclic) bond motifs is 3. The minimum atomic E-state index is -3.57. The summed E-state index contributed by atoms with van der Waals surface area (Å²) in [5.41, 5.74) is 2.11. The van der Waals surface area contributed by atoms with Gasteiger partial charge in [0.2, 0.25) is 10.0 Å². The molecule has 1 fully saturated rings. The molecule has 5 rings (SSSR count). The Balaban J connectivity index is 1.33. The Morgan fingerprint density at radius 1 is 1.16 bits per heavy atom. The number of anilines is 1. The number of hydrogen-bond acceptors (Lipinski definition) is 6. The number of carbonyl (C=O) groups excluding carboxylic acids is 1. The number of aromatic nitrogens is 1. The lowest BCUT2D eigenvalue weighted by Gasteiger charge is -2.32. The van der Waals surface area contributed by atoms with Crippen LogP contribution < -0.4 is 10.1 Å². The van der Waals surface area contributed by atoms with Gasteiger partial charge in [0, 0.05) is 23.7 Å². The molecule has 9 heteroatoms. The molecule has 1 saturated heterocycles. The Morgan fingerprint density at radius 3 is 2.72 bits per heavy atom. The molecular formula is C23H23N3O4S2. The predicted octanol–water partition coefficient (Wildman–Crippen LogP) is 4.52. The molecular weight excluding hydrogens is 446 g/mol. The molecule has 1 N–H and O–H groups in total. The summed E-state index contributed by atoms with van der Waals surface area (Å²) >= 11 is 1.38. The second-order valence-electron chi connectivity index (χ2n) is 8.01. The van der Waals surface area contributed by atoms with Crippen molar-refractivity contribution in [3.63, 3.8) is 0 Å². The number of ether oxygens (including phenoxy) is 1. The summed E-state index contributed by atoms with van der Waals surface area (Å²) in [5.74, 6) is 0.448. The highest BCUT2D eigenvalue weighted by atomic mass is 32.2. The van der Waals surface area contributed by atoms with Gasteiger partial charge in [-0.2, -0.15) is 4.31 Å². The zero-order valence-corrected chi connectivity index (χ0v) is 19.2. The van der Waals surface area contributed by atoms with Gasteiger partial charge in [-0.25, -0.2) is 13.4 Å². The van der Waals surface area contributed by atoms with Gasteiger partial charge in [0.1, 0.15) is 12.4 Å². The molecule has 2 aliphatic heterocycles. The van der Waals surface area contributed by atoms with Gasteiger partial charge in [-0.05, 0) is 56.2 Å². The monoisotopic (exact) mass is 469 g/mol. The van der Waals surface area contributed by atoms with Crippen molar-refractivity contribution in [2.45, 2.75) is 43.7 Å². The Bertz CT molecular complexity index is 1270. The van der Waals surface area contributed by atoms with Crippen LogP contribution in [0.3, 0.4) is 0 Å². The van der Waals surface area contributed by atoms with E-state index in [0.717, 1.165) is 41.1 Å². The number of thiazole rings is 1. The number of carbonyl (C=O) groups is 1. The van der Waals surface area contributed by atoms with Gasteiger partial charge in [-0.1, -0.05) is 29.9 Å². The third kappa shape index (κ3) is 3.80. The summed E-state index contributed by atoms with van der Waals surface area (Å²) in [6.45, 7) is 2.89. The number of hydrogen-bond donors (Lipinski definition) is 1. The molecule has 3 heterocycles.